The van der Waals surface area contributed by atoms with Gasteiger partial charge in [-0.25, -0.2) is 9.97 Å². The van der Waals surface area contributed by atoms with Crippen LogP contribution in [0.4, 0.5) is 5.82 Å². The molecule has 0 aliphatic carbocycles. The molecular formula is C16H19N3O. The van der Waals surface area contributed by atoms with Crippen LogP contribution in [-0.4, -0.2) is 28.7 Å². The van der Waals surface area contributed by atoms with Crippen molar-refractivity contribution >= 4 is 5.82 Å². The zero-order chi connectivity index (χ0) is 13.8. The average Bonchev–Trinajstić information content (AvgIpc) is 2.86. The van der Waals surface area contributed by atoms with E-state index in [1.165, 1.54) is 5.56 Å². The molecule has 3 rings (SSSR count). The van der Waals surface area contributed by atoms with Crippen LogP contribution in [0.1, 0.15) is 24.7 Å². The highest BCUT2D eigenvalue weighted by Crippen LogP contribution is 2.17. The van der Waals surface area contributed by atoms with Gasteiger partial charge in [-0.2, -0.15) is 0 Å². The number of ether oxygens (including phenoxy) is 1. The van der Waals surface area contributed by atoms with E-state index in [0.717, 1.165) is 31.1 Å². The standard InChI is InChI=1S/C16H19N3O/c1-12-14(8-10-20-12)18-15-7-9-17-16(19-15)11-13-5-3-2-4-6-13/h2-7,9,12,14H,8,10-11H2,1H3,(H,17,18,19). The van der Waals surface area contributed by atoms with Crippen LogP contribution in [0.3, 0.4) is 0 Å². The quantitative estimate of drug-likeness (QED) is 0.927. The van der Waals surface area contributed by atoms with Crippen molar-refractivity contribution in [3.05, 3.63) is 54.0 Å². The normalized spacial score (nSPS) is 21.9. The first-order valence-electron chi connectivity index (χ1n) is 7.05. The van der Waals surface area contributed by atoms with Crippen LogP contribution in [0.5, 0.6) is 0 Å². The second-order valence-electron chi connectivity index (χ2n) is 5.14. The Bertz CT molecular complexity index is 559. The molecule has 1 aromatic heterocycles. The number of hydrogen-bond donors (Lipinski definition) is 1. The monoisotopic (exact) mass is 269 g/mol. The molecule has 2 aromatic rings. The van der Waals surface area contributed by atoms with Crippen LogP contribution >= 0.6 is 0 Å². The Morgan fingerprint density at radius 1 is 1.25 bits per heavy atom. The molecule has 0 spiro atoms. The third-order valence-electron chi connectivity index (χ3n) is 3.62. The first-order valence-corrected chi connectivity index (χ1v) is 7.05. The van der Waals surface area contributed by atoms with E-state index < -0.39 is 0 Å². The molecule has 1 aliphatic rings. The van der Waals surface area contributed by atoms with Gasteiger partial charge in [0, 0.05) is 19.2 Å². The van der Waals surface area contributed by atoms with Gasteiger partial charge in [-0.05, 0) is 25.0 Å². The first kappa shape index (κ1) is 13.1. The lowest BCUT2D eigenvalue weighted by atomic mass is 10.1. The summed E-state index contributed by atoms with van der Waals surface area (Å²) in [7, 11) is 0. The Balaban J connectivity index is 1.69. The lowest BCUT2D eigenvalue weighted by molar-refractivity contribution is 0.121. The minimum absolute atomic E-state index is 0.238. The maximum absolute atomic E-state index is 5.56. The van der Waals surface area contributed by atoms with E-state index in [9.17, 15) is 0 Å². The van der Waals surface area contributed by atoms with E-state index in [1.54, 1.807) is 0 Å². The van der Waals surface area contributed by atoms with Gasteiger partial charge in [0.1, 0.15) is 11.6 Å². The summed E-state index contributed by atoms with van der Waals surface area (Å²) in [4.78, 5) is 8.93. The summed E-state index contributed by atoms with van der Waals surface area (Å²) in [5, 5.41) is 3.44. The molecule has 0 amide bonds. The second kappa shape index (κ2) is 6.01. The molecule has 0 saturated carbocycles. The van der Waals surface area contributed by atoms with Crippen molar-refractivity contribution in [1.29, 1.82) is 0 Å². The number of rotatable bonds is 4. The zero-order valence-electron chi connectivity index (χ0n) is 11.6. The van der Waals surface area contributed by atoms with Gasteiger partial charge in [-0.1, -0.05) is 30.3 Å². The summed E-state index contributed by atoms with van der Waals surface area (Å²) in [6.45, 7) is 2.91. The van der Waals surface area contributed by atoms with Crippen LogP contribution in [0.15, 0.2) is 42.6 Å². The Hall–Kier alpha value is -1.94. The molecule has 0 bridgehead atoms. The Labute approximate surface area is 119 Å². The van der Waals surface area contributed by atoms with E-state index in [4.69, 9.17) is 4.74 Å². The highest BCUT2D eigenvalue weighted by Gasteiger charge is 2.24. The zero-order valence-corrected chi connectivity index (χ0v) is 11.6. The van der Waals surface area contributed by atoms with E-state index in [0.29, 0.717) is 6.04 Å². The fourth-order valence-electron chi connectivity index (χ4n) is 2.45. The molecule has 4 heteroatoms. The molecule has 2 unspecified atom stereocenters. The van der Waals surface area contributed by atoms with Crippen LogP contribution < -0.4 is 5.32 Å². The van der Waals surface area contributed by atoms with E-state index in [1.807, 2.05) is 30.5 Å². The van der Waals surface area contributed by atoms with Crippen LogP contribution in [0, 0.1) is 0 Å². The Kier molecular flexibility index (Phi) is 3.92. The predicted octanol–water partition coefficient (Wildman–Crippen LogP) is 2.66. The highest BCUT2D eigenvalue weighted by atomic mass is 16.5. The molecule has 1 aliphatic heterocycles. The molecule has 1 N–H and O–H groups in total. The molecule has 1 fully saturated rings. The van der Waals surface area contributed by atoms with Crippen LogP contribution in [-0.2, 0) is 11.2 Å². The van der Waals surface area contributed by atoms with Gasteiger partial charge in [0.2, 0.25) is 0 Å². The molecule has 4 nitrogen and oxygen atoms in total. The maximum atomic E-state index is 5.56. The molecule has 0 radical (unpaired) electrons. The van der Waals surface area contributed by atoms with Gasteiger partial charge in [0.25, 0.3) is 0 Å². The van der Waals surface area contributed by atoms with Crippen LogP contribution in [0.25, 0.3) is 0 Å². The van der Waals surface area contributed by atoms with E-state index in [2.05, 4.69) is 34.3 Å². The largest absolute Gasteiger partial charge is 0.376 e. The maximum Gasteiger partial charge on any atom is 0.135 e. The predicted molar refractivity (Wildman–Crippen MR) is 78.7 cm³/mol. The van der Waals surface area contributed by atoms with Crippen LogP contribution in [0.2, 0.25) is 0 Å². The molecule has 2 heterocycles. The molecule has 1 aromatic carbocycles. The summed E-state index contributed by atoms with van der Waals surface area (Å²) in [6.07, 6.45) is 3.84. The topological polar surface area (TPSA) is 47.0 Å². The third kappa shape index (κ3) is 3.14. The van der Waals surface area contributed by atoms with E-state index >= 15 is 0 Å². The number of aromatic nitrogens is 2. The minimum Gasteiger partial charge on any atom is -0.376 e. The number of anilines is 1. The number of benzene rings is 1. The van der Waals surface area contributed by atoms with Gasteiger partial charge in [0.05, 0.1) is 12.1 Å². The summed E-state index contributed by atoms with van der Waals surface area (Å²) in [5.74, 6) is 1.72. The fraction of sp³-hybridized carbons (Fsp3) is 0.375. The van der Waals surface area contributed by atoms with Gasteiger partial charge < -0.3 is 10.1 Å². The summed E-state index contributed by atoms with van der Waals surface area (Å²) in [5.41, 5.74) is 1.22. The molecule has 20 heavy (non-hydrogen) atoms. The second-order valence-corrected chi connectivity index (χ2v) is 5.14. The van der Waals surface area contributed by atoms with Crippen molar-refractivity contribution in [1.82, 2.24) is 9.97 Å². The minimum atomic E-state index is 0.238. The third-order valence-corrected chi connectivity index (χ3v) is 3.62. The highest BCUT2D eigenvalue weighted by molar-refractivity contribution is 5.35. The van der Waals surface area contributed by atoms with Crippen molar-refractivity contribution in [2.75, 3.05) is 11.9 Å². The number of nitrogens with zero attached hydrogens (tertiary/aromatic N) is 2. The van der Waals surface area contributed by atoms with Crippen molar-refractivity contribution in [2.45, 2.75) is 31.9 Å². The van der Waals surface area contributed by atoms with E-state index in [-0.39, 0.29) is 6.10 Å². The summed E-state index contributed by atoms with van der Waals surface area (Å²) in [6, 6.07) is 12.5. The van der Waals surface area contributed by atoms with Crippen molar-refractivity contribution in [2.24, 2.45) is 0 Å². The summed E-state index contributed by atoms with van der Waals surface area (Å²) >= 11 is 0. The fourth-order valence-corrected chi connectivity index (χ4v) is 2.45. The van der Waals surface area contributed by atoms with Crippen molar-refractivity contribution in [3.8, 4) is 0 Å². The van der Waals surface area contributed by atoms with Crippen molar-refractivity contribution < 1.29 is 4.74 Å². The van der Waals surface area contributed by atoms with Gasteiger partial charge in [0.15, 0.2) is 0 Å². The molecular weight excluding hydrogens is 250 g/mol. The molecule has 2 atom stereocenters. The SMILES string of the molecule is CC1OCCC1Nc1ccnc(Cc2ccccc2)n1. The lowest BCUT2D eigenvalue weighted by Crippen LogP contribution is -2.27. The number of nitrogens with one attached hydrogen (secondary N) is 1. The lowest BCUT2D eigenvalue weighted by Gasteiger charge is -2.16. The first-order chi connectivity index (χ1) is 9.81. The van der Waals surface area contributed by atoms with Crippen molar-refractivity contribution in [3.63, 3.8) is 0 Å². The Morgan fingerprint density at radius 2 is 2.10 bits per heavy atom. The Morgan fingerprint density at radius 3 is 2.85 bits per heavy atom. The van der Waals surface area contributed by atoms with Gasteiger partial charge in [-0.15, -0.1) is 0 Å². The molecule has 1 saturated heterocycles. The molecule has 104 valence electrons. The summed E-state index contributed by atoms with van der Waals surface area (Å²) < 4.78 is 5.56. The number of hydrogen-bond acceptors (Lipinski definition) is 4. The smallest absolute Gasteiger partial charge is 0.135 e. The average molecular weight is 269 g/mol. The van der Waals surface area contributed by atoms with Gasteiger partial charge >= 0.3 is 0 Å². The van der Waals surface area contributed by atoms with Gasteiger partial charge in [-0.3, -0.25) is 0 Å².